The molecule has 0 aliphatic carbocycles. The zero-order valence-corrected chi connectivity index (χ0v) is 11.8. The van der Waals surface area contributed by atoms with Crippen molar-refractivity contribution in [1.82, 2.24) is 4.72 Å². The summed E-state index contributed by atoms with van der Waals surface area (Å²) in [5.41, 5.74) is 7.57. The zero-order valence-electron chi connectivity index (χ0n) is 11.0. The average molecular weight is 256 g/mol. The molecule has 1 aromatic rings. The van der Waals surface area contributed by atoms with Crippen molar-refractivity contribution in [2.75, 3.05) is 5.73 Å². The van der Waals surface area contributed by atoms with Crippen molar-refractivity contribution in [2.24, 2.45) is 0 Å². The number of aryl methyl sites for hydroxylation is 1. The van der Waals surface area contributed by atoms with Gasteiger partial charge in [0.05, 0.1) is 4.90 Å². The van der Waals surface area contributed by atoms with Gasteiger partial charge in [0.1, 0.15) is 0 Å². The van der Waals surface area contributed by atoms with Gasteiger partial charge in [0.2, 0.25) is 10.0 Å². The predicted octanol–water partition coefficient (Wildman–Crippen LogP) is 1.96. The summed E-state index contributed by atoms with van der Waals surface area (Å²) < 4.78 is 26.8. The fraction of sp³-hybridized carbons (Fsp3) is 0.500. The number of hydrogen-bond donors (Lipinski definition) is 2. The Morgan fingerprint density at radius 3 is 2.12 bits per heavy atom. The quantitative estimate of drug-likeness (QED) is 0.795. The van der Waals surface area contributed by atoms with E-state index in [1.54, 1.807) is 26.8 Å². The first-order valence-corrected chi connectivity index (χ1v) is 6.92. The third-order valence-corrected chi connectivity index (χ3v) is 4.17. The molecule has 0 aromatic heterocycles. The van der Waals surface area contributed by atoms with Crippen molar-refractivity contribution in [3.8, 4) is 0 Å². The third-order valence-electron chi connectivity index (χ3n) is 2.43. The Bertz CT molecular complexity index is 505. The Balaban J connectivity index is 3.26. The standard InChI is InChI=1S/C12H20N2O2S/c1-8-6-10(7-11(13)9(8)2)17(15,16)14-12(3,4)5/h6-7,14H,13H2,1-5H3. The summed E-state index contributed by atoms with van der Waals surface area (Å²) in [4.78, 5) is 0.216. The summed E-state index contributed by atoms with van der Waals surface area (Å²) >= 11 is 0. The summed E-state index contributed by atoms with van der Waals surface area (Å²) in [5, 5.41) is 0. The molecule has 1 rings (SSSR count). The molecule has 0 bridgehead atoms. The van der Waals surface area contributed by atoms with Gasteiger partial charge in [0.25, 0.3) is 0 Å². The van der Waals surface area contributed by atoms with Gasteiger partial charge in [0, 0.05) is 11.2 Å². The number of anilines is 1. The van der Waals surface area contributed by atoms with Crippen molar-refractivity contribution in [1.29, 1.82) is 0 Å². The Morgan fingerprint density at radius 1 is 1.18 bits per heavy atom. The normalized spacial score (nSPS) is 12.8. The van der Waals surface area contributed by atoms with E-state index in [2.05, 4.69) is 4.72 Å². The van der Waals surface area contributed by atoms with Crippen LogP contribution in [0.5, 0.6) is 0 Å². The van der Waals surface area contributed by atoms with E-state index in [4.69, 9.17) is 5.73 Å². The van der Waals surface area contributed by atoms with Crippen LogP contribution >= 0.6 is 0 Å². The number of nitrogen functional groups attached to an aromatic ring is 1. The molecule has 0 atom stereocenters. The van der Waals surface area contributed by atoms with Gasteiger partial charge >= 0.3 is 0 Å². The number of nitrogens with two attached hydrogens (primary N) is 1. The van der Waals surface area contributed by atoms with Crippen LogP contribution in [-0.4, -0.2) is 14.0 Å². The fourth-order valence-corrected chi connectivity index (χ4v) is 3.01. The maximum absolute atomic E-state index is 12.1. The largest absolute Gasteiger partial charge is 0.398 e. The maximum Gasteiger partial charge on any atom is 0.241 e. The summed E-state index contributed by atoms with van der Waals surface area (Å²) in [7, 11) is -3.51. The number of hydrogen-bond acceptors (Lipinski definition) is 3. The van der Waals surface area contributed by atoms with E-state index in [9.17, 15) is 8.42 Å². The van der Waals surface area contributed by atoms with Crippen molar-refractivity contribution < 1.29 is 8.42 Å². The second-order valence-corrected chi connectivity index (χ2v) is 6.99. The molecule has 0 radical (unpaired) electrons. The molecule has 0 fully saturated rings. The fourth-order valence-electron chi connectivity index (χ4n) is 1.47. The number of rotatable bonds is 2. The molecule has 4 nitrogen and oxygen atoms in total. The highest BCUT2D eigenvalue weighted by Gasteiger charge is 2.22. The van der Waals surface area contributed by atoms with Crippen LogP contribution in [0, 0.1) is 13.8 Å². The minimum Gasteiger partial charge on any atom is -0.398 e. The number of sulfonamides is 1. The molecule has 3 N–H and O–H groups in total. The average Bonchev–Trinajstić information content (AvgIpc) is 2.09. The smallest absolute Gasteiger partial charge is 0.241 e. The molecular weight excluding hydrogens is 236 g/mol. The number of benzene rings is 1. The van der Waals surface area contributed by atoms with Crippen LogP contribution in [0.2, 0.25) is 0 Å². The van der Waals surface area contributed by atoms with E-state index in [0.29, 0.717) is 5.69 Å². The lowest BCUT2D eigenvalue weighted by molar-refractivity contribution is 0.491. The summed E-state index contributed by atoms with van der Waals surface area (Å²) in [5.74, 6) is 0. The van der Waals surface area contributed by atoms with E-state index in [1.165, 1.54) is 6.07 Å². The summed E-state index contributed by atoms with van der Waals surface area (Å²) in [6.07, 6.45) is 0. The number of nitrogens with one attached hydrogen (secondary N) is 1. The van der Waals surface area contributed by atoms with Crippen LogP contribution in [0.4, 0.5) is 5.69 Å². The minimum absolute atomic E-state index is 0.216. The van der Waals surface area contributed by atoms with Crippen molar-refractivity contribution in [3.05, 3.63) is 23.3 Å². The molecule has 96 valence electrons. The van der Waals surface area contributed by atoms with E-state index in [0.717, 1.165) is 11.1 Å². The van der Waals surface area contributed by atoms with Gasteiger partial charge in [-0.3, -0.25) is 0 Å². The molecule has 0 heterocycles. The Morgan fingerprint density at radius 2 is 1.71 bits per heavy atom. The first-order valence-electron chi connectivity index (χ1n) is 5.43. The van der Waals surface area contributed by atoms with Gasteiger partial charge in [-0.1, -0.05) is 0 Å². The molecule has 5 heteroatoms. The highest BCUT2D eigenvalue weighted by atomic mass is 32.2. The van der Waals surface area contributed by atoms with E-state index < -0.39 is 15.6 Å². The van der Waals surface area contributed by atoms with Gasteiger partial charge in [-0.05, 0) is 57.9 Å². The van der Waals surface area contributed by atoms with Gasteiger partial charge in [0.15, 0.2) is 0 Å². The minimum atomic E-state index is -3.51. The highest BCUT2D eigenvalue weighted by Crippen LogP contribution is 2.22. The molecule has 0 aliphatic rings. The predicted molar refractivity (Wildman–Crippen MR) is 70.4 cm³/mol. The topological polar surface area (TPSA) is 72.2 Å². The van der Waals surface area contributed by atoms with Crippen LogP contribution in [0.1, 0.15) is 31.9 Å². The molecular formula is C12H20N2O2S. The van der Waals surface area contributed by atoms with Crippen molar-refractivity contribution in [2.45, 2.75) is 45.1 Å². The van der Waals surface area contributed by atoms with E-state index in [1.807, 2.05) is 13.8 Å². The second-order valence-electron chi connectivity index (χ2n) is 5.31. The highest BCUT2D eigenvalue weighted by molar-refractivity contribution is 7.89. The molecule has 0 unspecified atom stereocenters. The van der Waals surface area contributed by atoms with Gasteiger partial charge in [-0.2, -0.15) is 0 Å². The first kappa shape index (κ1) is 14.0. The third kappa shape index (κ3) is 3.44. The van der Waals surface area contributed by atoms with Crippen LogP contribution in [0.15, 0.2) is 17.0 Å². The first-order chi connectivity index (χ1) is 7.53. The Hall–Kier alpha value is -1.07. The van der Waals surface area contributed by atoms with Crippen molar-refractivity contribution >= 4 is 15.7 Å². The molecule has 0 aliphatic heterocycles. The molecule has 0 spiro atoms. The Labute approximate surface area is 103 Å². The van der Waals surface area contributed by atoms with Crippen LogP contribution < -0.4 is 10.5 Å². The van der Waals surface area contributed by atoms with E-state index >= 15 is 0 Å². The van der Waals surface area contributed by atoms with Crippen molar-refractivity contribution in [3.63, 3.8) is 0 Å². The second kappa shape index (κ2) is 4.31. The monoisotopic (exact) mass is 256 g/mol. The van der Waals surface area contributed by atoms with Crippen LogP contribution in [0.3, 0.4) is 0 Å². The SMILES string of the molecule is Cc1cc(S(=O)(=O)NC(C)(C)C)cc(N)c1C. The Kier molecular flexibility index (Phi) is 3.55. The molecule has 1 aromatic carbocycles. The lowest BCUT2D eigenvalue weighted by Crippen LogP contribution is -2.40. The van der Waals surface area contributed by atoms with Crippen LogP contribution in [-0.2, 0) is 10.0 Å². The van der Waals surface area contributed by atoms with Gasteiger partial charge in [-0.25, -0.2) is 13.1 Å². The molecule has 17 heavy (non-hydrogen) atoms. The molecule has 0 saturated heterocycles. The molecule has 0 amide bonds. The maximum atomic E-state index is 12.1. The lowest BCUT2D eigenvalue weighted by atomic mass is 10.1. The van der Waals surface area contributed by atoms with Crippen LogP contribution in [0.25, 0.3) is 0 Å². The summed E-state index contributed by atoms with van der Waals surface area (Å²) in [6, 6.07) is 3.14. The zero-order chi connectivity index (χ0) is 13.4. The summed E-state index contributed by atoms with van der Waals surface area (Å²) in [6.45, 7) is 9.12. The van der Waals surface area contributed by atoms with E-state index in [-0.39, 0.29) is 4.90 Å². The molecule has 0 saturated carbocycles. The lowest BCUT2D eigenvalue weighted by Gasteiger charge is -2.21. The van der Waals surface area contributed by atoms with Gasteiger partial charge in [-0.15, -0.1) is 0 Å². The van der Waals surface area contributed by atoms with Gasteiger partial charge < -0.3 is 5.73 Å².